The van der Waals surface area contributed by atoms with Crippen LogP contribution in [0.25, 0.3) is 0 Å². The third-order valence-corrected chi connectivity index (χ3v) is 5.20. The topological polar surface area (TPSA) is 3.24 Å². The van der Waals surface area contributed by atoms with Gasteiger partial charge in [0.1, 0.15) is 0 Å². The van der Waals surface area contributed by atoms with E-state index in [-0.39, 0.29) is 0 Å². The molecule has 1 nitrogen and oxygen atoms in total. The first-order valence-corrected chi connectivity index (χ1v) is 9.17. The molecule has 1 unspecified atom stereocenters. The number of benzene rings is 2. The zero-order chi connectivity index (χ0) is 15.9. The summed E-state index contributed by atoms with van der Waals surface area (Å²) >= 11 is 0. The minimum atomic E-state index is 0.708. The van der Waals surface area contributed by atoms with Crippen LogP contribution in [0.5, 0.6) is 0 Å². The van der Waals surface area contributed by atoms with Gasteiger partial charge < -0.3 is 4.90 Å². The number of likely N-dealkylation sites (tertiary alicyclic amines) is 1. The summed E-state index contributed by atoms with van der Waals surface area (Å²) in [5, 5.41) is 0. The maximum Gasteiger partial charge on any atom is 0.00700 e. The van der Waals surface area contributed by atoms with Gasteiger partial charge in [-0.3, -0.25) is 0 Å². The lowest BCUT2D eigenvalue weighted by atomic mass is 9.95. The highest BCUT2D eigenvalue weighted by atomic mass is 15.1. The Morgan fingerprint density at radius 3 is 2.22 bits per heavy atom. The van der Waals surface area contributed by atoms with Gasteiger partial charge in [-0.05, 0) is 68.8 Å². The van der Waals surface area contributed by atoms with Crippen LogP contribution in [0.1, 0.15) is 49.3 Å². The quantitative estimate of drug-likeness (QED) is 0.719. The van der Waals surface area contributed by atoms with E-state index in [2.05, 4.69) is 66.4 Å². The molecule has 23 heavy (non-hydrogen) atoms. The predicted molar refractivity (Wildman–Crippen MR) is 98.9 cm³/mol. The molecule has 2 aromatic carbocycles. The molecule has 0 saturated carbocycles. The van der Waals surface area contributed by atoms with Crippen LogP contribution < -0.4 is 0 Å². The average Bonchev–Trinajstić information content (AvgIpc) is 2.62. The third-order valence-electron chi connectivity index (χ3n) is 5.20. The van der Waals surface area contributed by atoms with Crippen molar-refractivity contribution in [1.29, 1.82) is 0 Å². The zero-order valence-electron chi connectivity index (χ0n) is 14.4. The molecule has 122 valence electrons. The Balaban J connectivity index is 1.61. The Morgan fingerprint density at radius 2 is 1.48 bits per heavy atom. The summed E-state index contributed by atoms with van der Waals surface area (Å²) in [6, 6.07) is 20.5. The van der Waals surface area contributed by atoms with E-state index in [4.69, 9.17) is 0 Å². The van der Waals surface area contributed by atoms with Crippen LogP contribution in [0, 0.1) is 0 Å². The molecule has 1 atom stereocenters. The molecule has 1 saturated heterocycles. The highest BCUT2D eigenvalue weighted by molar-refractivity contribution is 5.32. The van der Waals surface area contributed by atoms with Crippen molar-refractivity contribution in [3.05, 3.63) is 71.3 Å². The van der Waals surface area contributed by atoms with Crippen molar-refractivity contribution in [2.24, 2.45) is 0 Å². The Labute approximate surface area is 141 Å². The van der Waals surface area contributed by atoms with Crippen molar-refractivity contribution in [1.82, 2.24) is 4.90 Å². The molecule has 0 radical (unpaired) electrons. The normalized spacial score (nSPS) is 17.1. The Bertz CT molecular complexity index is 584. The van der Waals surface area contributed by atoms with E-state index in [0.29, 0.717) is 6.04 Å². The van der Waals surface area contributed by atoms with Crippen molar-refractivity contribution in [3.63, 3.8) is 0 Å². The summed E-state index contributed by atoms with van der Waals surface area (Å²) in [5.74, 6) is 0. The number of rotatable bonds is 6. The lowest BCUT2D eigenvalue weighted by Crippen LogP contribution is -2.37. The molecule has 3 rings (SSSR count). The second-order valence-corrected chi connectivity index (χ2v) is 6.92. The highest BCUT2D eigenvalue weighted by Gasteiger charge is 2.16. The van der Waals surface area contributed by atoms with Gasteiger partial charge in [-0.15, -0.1) is 0 Å². The molecular weight excluding hydrogens is 278 g/mol. The summed E-state index contributed by atoms with van der Waals surface area (Å²) in [6.45, 7) is 5.00. The van der Waals surface area contributed by atoms with Crippen molar-refractivity contribution >= 4 is 0 Å². The molecule has 1 heterocycles. The maximum absolute atomic E-state index is 2.68. The lowest BCUT2D eigenvalue weighted by Gasteiger charge is -2.32. The fourth-order valence-electron chi connectivity index (χ4n) is 3.70. The van der Waals surface area contributed by atoms with Gasteiger partial charge in [0, 0.05) is 6.04 Å². The summed E-state index contributed by atoms with van der Waals surface area (Å²) in [7, 11) is 0. The molecule has 1 aliphatic heterocycles. The van der Waals surface area contributed by atoms with Crippen LogP contribution in [0.15, 0.2) is 54.6 Å². The second-order valence-electron chi connectivity index (χ2n) is 6.92. The van der Waals surface area contributed by atoms with E-state index in [1.165, 1.54) is 61.9 Å². The smallest absolute Gasteiger partial charge is 0.00700 e. The van der Waals surface area contributed by atoms with Gasteiger partial charge >= 0.3 is 0 Å². The largest absolute Gasteiger partial charge is 0.301 e. The molecule has 1 heteroatoms. The fourth-order valence-corrected chi connectivity index (χ4v) is 3.70. The van der Waals surface area contributed by atoms with E-state index < -0.39 is 0 Å². The van der Waals surface area contributed by atoms with E-state index in [0.717, 1.165) is 6.42 Å². The second kappa shape index (κ2) is 8.31. The van der Waals surface area contributed by atoms with E-state index in [9.17, 15) is 0 Å². The van der Waals surface area contributed by atoms with Crippen LogP contribution in [0.4, 0.5) is 0 Å². The Hall–Kier alpha value is -1.60. The van der Waals surface area contributed by atoms with Gasteiger partial charge in [0.2, 0.25) is 0 Å². The minimum Gasteiger partial charge on any atom is -0.301 e. The van der Waals surface area contributed by atoms with Crippen LogP contribution in [-0.4, -0.2) is 24.0 Å². The van der Waals surface area contributed by atoms with Crippen molar-refractivity contribution in [3.8, 4) is 0 Å². The summed E-state index contributed by atoms with van der Waals surface area (Å²) in [6.07, 6.45) is 7.70. The first kappa shape index (κ1) is 16.3. The van der Waals surface area contributed by atoms with Gasteiger partial charge in [-0.25, -0.2) is 0 Å². The summed E-state index contributed by atoms with van der Waals surface area (Å²) in [5.41, 5.74) is 4.42. The first-order valence-electron chi connectivity index (χ1n) is 9.17. The molecule has 0 spiro atoms. The molecular formula is C22H29N. The van der Waals surface area contributed by atoms with Gasteiger partial charge in [0.25, 0.3) is 0 Å². The number of piperidine rings is 1. The molecule has 2 aromatic rings. The maximum atomic E-state index is 2.68. The molecule has 1 aliphatic rings. The number of nitrogens with zero attached hydrogens (tertiary/aromatic N) is 1. The minimum absolute atomic E-state index is 0.708. The molecule has 0 N–H and O–H groups in total. The molecule has 0 aromatic heterocycles. The van der Waals surface area contributed by atoms with E-state index >= 15 is 0 Å². The van der Waals surface area contributed by atoms with Gasteiger partial charge in [0.05, 0.1) is 0 Å². The SMILES string of the molecule is CC(CCc1ccccc1Cc1ccccc1)N1CCCCC1. The predicted octanol–water partition coefficient (Wildman–Crippen LogP) is 5.08. The summed E-state index contributed by atoms with van der Waals surface area (Å²) < 4.78 is 0. The average molecular weight is 307 g/mol. The van der Waals surface area contributed by atoms with Crippen LogP contribution in [0.2, 0.25) is 0 Å². The van der Waals surface area contributed by atoms with Crippen molar-refractivity contribution in [2.45, 2.75) is 51.5 Å². The summed E-state index contributed by atoms with van der Waals surface area (Å²) in [4.78, 5) is 2.68. The molecule has 0 aliphatic carbocycles. The molecule has 1 fully saturated rings. The van der Waals surface area contributed by atoms with Gasteiger partial charge in [-0.1, -0.05) is 61.0 Å². The number of hydrogen-bond donors (Lipinski definition) is 0. The Kier molecular flexibility index (Phi) is 5.87. The van der Waals surface area contributed by atoms with Gasteiger partial charge in [0.15, 0.2) is 0 Å². The fraction of sp³-hybridized carbons (Fsp3) is 0.455. The van der Waals surface area contributed by atoms with Crippen molar-refractivity contribution in [2.75, 3.05) is 13.1 Å². The van der Waals surface area contributed by atoms with Crippen molar-refractivity contribution < 1.29 is 0 Å². The Morgan fingerprint density at radius 1 is 0.826 bits per heavy atom. The van der Waals surface area contributed by atoms with E-state index in [1.807, 2.05) is 0 Å². The van der Waals surface area contributed by atoms with E-state index in [1.54, 1.807) is 0 Å². The van der Waals surface area contributed by atoms with Crippen LogP contribution >= 0.6 is 0 Å². The third kappa shape index (κ3) is 4.68. The lowest BCUT2D eigenvalue weighted by molar-refractivity contribution is 0.166. The highest BCUT2D eigenvalue weighted by Crippen LogP contribution is 2.19. The number of aryl methyl sites for hydroxylation is 1. The van der Waals surface area contributed by atoms with Crippen LogP contribution in [0.3, 0.4) is 0 Å². The van der Waals surface area contributed by atoms with Gasteiger partial charge in [-0.2, -0.15) is 0 Å². The number of hydrogen-bond acceptors (Lipinski definition) is 1. The standard InChI is InChI=1S/C22H29N/c1-19(23-16-8-3-9-17-23)14-15-21-12-6-7-13-22(21)18-20-10-4-2-5-11-20/h2,4-7,10-13,19H,3,8-9,14-18H2,1H3. The molecule has 0 amide bonds. The molecule has 0 bridgehead atoms. The monoisotopic (exact) mass is 307 g/mol. The van der Waals surface area contributed by atoms with Crippen LogP contribution in [-0.2, 0) is 12.8 Å². The zero-order valence-corrected chi connectivity index (χ0v) is 14.4. The first-order chi connectivity index (χ1) is 11.3.